The standard InChI is InChI=1S/C11H17ClN2S.ClH/c1-14-6-2-3-9(14)7-13-8-10-4-5-11(12)15-10;/h4-5,9,13H,2-3,6-8H2,1H3;1H. The van der Waals surface area contributed by atoms with Crippen LogP contribution >= 0.6 is 35.3 Å². The SMILES string of the molecule is CN1CCCC1CNCc1ccc(Cl)s1.Cl. The first kappa shape index (κ1) is 14.3. The highest BCUT2D eigenvalue weighted by atomic mass is 35.5. The number of hydrogen-bond acceptors (Lipinski definition) is 3. The summed E-state index contributed by atoms with van der Waals surface area (Å²) in [5, 5.41) is 3.50. The quantitative estimate of drug-likeness (QED) is 0.912. The van der Waals surface area contributed by atoms with E-state index in [2.05, 4.69) is 23.3 Å². The lowest BCUT2D eigenvalue weighted by atomic mass is 10.2. The number of nitrogens with one attached hydrogen (secondary N) is 1. The van der Waals surface area contributed by atoms with Gasteiger partial charge >= 0.3 is 0 Å². The van der Waals surface area contributed by atoms with Crippen molar-refractivity contribution in [1.82, 2.24) is 10.2 Å². The Balaban J connectivity index is 0.00000128. The fourth-order valence-corrected chi connectivity index (χ4v) is 3.10. The predicted octanol–water partition coefficient (Wildman–Crippen LogP) is 3.01. The monoisotopic (exact) mass is 280 g/mol. The molecule has 2 nitrogen and oxygen atoms in total. The number of hydrogen-bond donors (Lipinski definition) is 1. The Morgan fingerprint density at radius 3 is 2.94 bits per heavy atom. The summed E-state index contributed by atoms with van der Waals surface area (Å²) in [6, 6.07) is 4.78. The van der Waals surface area contributed by atoms with Crippen LogP contribution in [0.15, 0.2) is 12.1 Å². The van der Waals surface area contributed by atoms with Gasteiger partial charge in [0.1, 0.15) is 0 Å². The van der Waals surface area contributed by atoms with Crippen molar-refractivity contribution in [3.05, 3.63) is 21.3 Å². The van der Waals surface area contributed by atoms with E-state index in [1.54, 1.807) is 11.3 Å². The Labute approximate surface area is 112 Å². The van der Waals surface area contributed by atoms with E-state index in [1.165, 1.54) is 24.3 Å². The topological polar surface area (TPSA) is 15.3 Å². The summed E-state index contributed by atoms with van der Waals surface area (Å²) in [4.78, 5) is 3.76. The fourth-order valence-electron chi connectivity index (χ4n) is 2.05. The summed E-state index contributed by atoms with van der Waals surface area (Å²) in [6.07, 6.45) is 2.67. The molecule has 92 valence electrons. The van der Waals surface area contributed by atoms with Crippen LogP contribution in [0.4, 0.5) is 0 Å². The average Bonchev–Trinajstić information content (AvgIpc) is 2.77. The van der Waals surface area contributed by atoms with E-state index in [1.807, 2.05) is 6.07 Å². The van der Waals surface area contributed by atoms with Crippen molar-refractivity contribution < 1.29 is 0 Å². The molecule has 0 saturated carbocycles. The number of thiophene rings is 1. The molecule has 1 aromatic heterocycles. The van der Waals surface area contributed by atoms with Gasteiger partial charge in [0.2, 0.25) is 0 Å². The molecule has 16 heavy (non-hydrogen) atoms. The molecule has 0 aliphatic carbocycles. The van der Waals surface area contributed by atoms with E-state index >= 15 is 0 Å². The maximum Gasteiger partial charge on any atom is 0.0931 e. The Morgan fingerprint density at radius 1 is 1.56 bits per heavy atom. The first-order valence-electron chi connectivity index (χ1n) is 5.41. The Kier molecular flexibility index (Phi) is 6.08. The van der Waals surface area contributed by atoms with E-state index in [9.17, 15) is 0 Å². The van der Waals surface area contributed by atoms with Gasteiger partial charge in [-0.05, 0) is 38.6 Å². The molecule has 2 heterocycles. The van der Waals surface area contributed by atoms with Gasteiger partial charge < -0.3 is 10.2 Å². The van der Waals surface area contributed by atoms with Gasteiger partial charge in [-0.1, -0.05) is 11.6 Å². The molecule has 1 aliphatic rings. The van der Waals surface area contributed by atoms with Crippen LogP contribution in [0.5, 0.6) is 0 Å². The highest BCUT2D eigenvalue weighted by Crippen LogP contribution is 2.21. The maximum absolute atomic E-state index is 5.87. The zero-order chi connectivity index (χ0) is 10.7. The number of nitrogens with zero attached hydrogens (tertiary/aromatic N) is 1. The summed E-state index contributed by atoms with van der Waals surface area (Å²) < 4.78 is 0.879. The van der Waals surface area contributed by atoms with Gasteiger partial charge in [-0.25, -0.2) is 0 Å². The molecule has 0 amide bonds. The summed E-state index contributed by atoms with van der Waals surface area (Å²) in [7, 11) is 2.21. The number of likely N-dealkylation sites (N-methyl/N-ethyl adjacent to an activating group) is 1. The second kappa shape index (κ2) is 6.82. The molecule has 1 aromatic rings. The molecular weight excluding hydrogens is 263 g/mol. The van der Waals surface area contributed by atoms with Crippen molar-refractivity contribution in [3.8, 4) is 0 Å². The third-order valence-corrected chi connectivity index (χ3v) is 4.21. The van der Waals surface area contributed by atoms with Crippen LogP contribution in [0.1, 0.15) is 17.7 Å². The molecule has 1 fully saturated rings. The van der Waals surface area contributed by atoms with Crippen molar-refractivity contribution in [2.75, 3.05) is 20.1 Å². The normalized spacial score (nSPS) is 21.0. The van der Waals surface area contributed by atoms with E-state index < -0.39 is 0 Å². The molecule has 1 N–H and O–H groups in total. The summed E-state index contributed by atoms with van der Waals surface area (Å²) in [6.45, 7) is 3.28. The van der Waals surface area contributed by atoms with Crippen LogP contribution in [0.3, 0.4) is 0 Å². The number of rotatable bonds is 4. The van der Waals surface area contributed by atoms with Crippen molar-refractivity contribution in [2.45, 2.75) is 25.4 Å². The Morgan fingerprint density at radius 2 is 2.38 bits per heavy atom. The van der Waals surface area contributed by atoms with Gasteiger partial charge in [0.25, 0.3) is 0 Å². The lowest BCUT2D eigenvalue weighted by molar-refractivity contribution is 0.300. The summed E-state index contributed by atoms with van der Waals surface area (Å²) in [5.74, 6) is 0. The van der Waals surface area contributed by atoms with Crippen LogP contribution in [0.25, 0.3) is 0 Å². The molecule has 0 spiro atoms. The van der Waals surface area contributed by atoms with E-state index in [4.69, 9.17) is 11.6 Å². The van der Waals surface area contributed by atoms with Crippen LogP contribution in [-0.4, -0.2) is 31.1 Å². The molecule has 1 atom stereocenters. The zero-order valence-electron chi connectivity index (χ0n) is 9.41. The molecule has 0 radical (unpaired) electrons. The van der Waals surface area contributed by atoms with E-state index in [-0.39, 0.29) is 12.4 Å². The largest absolute Gasteiger partial charge is 0.310 e. The minimum atomic E-state index is 0. The highest BCUT2D eigenvalue weighted by molar-refractivity contribution is 7.16. The van der Waals surface area contributed by atoms with Crippen LogP contribution in [-0.2, 0) is 6.54 Å². The minimum absolute atomic E-state index is 0. The van der Waals surface area contributed by atoms with Gasteiger partial charge in [0.15, 0.2) is 0 Å². The first-order chi connectivity index (χ1) is 7.25. The molecule has 1 saturated heterocycles. The lowest BCUT2D eigenvalue weighted by Gasteiger charge is -2.19. The summed E-state index contributed by atoms with van der Waals surface area (Å²) >= 11 is 7.53. The Bertz CT molecular complexity index is 317. The first-order valence-corrected chi connectivity index (χ1v) is 6.60. The third kappa shape index (κ3) is 3.90. The highest BCUT2D eigenvalue weighted by Gasteiger charge is 2.19. The molecule has 2 rings (SSSR count). The molecule has 0 bridgehead atoms. The van der Waals surface area contributed by atoms with Gasteiger partial charge in [-0.15, -0.1) is 23.7 Å². The van der Waals surface area contributed by atoms with Gasteiger partial charge in [-0.2, -0.15) is 0 Å². The molecule has 1 unspecified atom stereocenters. The summed E-state index contributed by atoms with van der Waals surface area (Å²) in [5.41, 5.74) is 0. The van der Waals surface area contributed by atoms with Crippen LogP contribution in [0, 0.1) is 0 Å². The van der Waals surface area contributed by atoms with Gasteiger partial charge in [0.05, 0.1) is 4.34 Å². The zero-order valence-corrected chi connectivity index (χ0v) is 11.8. The van der Waals surface area contributed by atoms with Crippen molar-refractivity contribution in [2.24, 2.45) is 0 Å². The van der Waals surface area contributed by atoms with Gasteiger partial charge in [-0.3, -0.25) is 0 Å². The van der Waals surface area contributed by atoms with Crippen LogP contribution < -0.4 is 5.32 Å². The predicted molar refractivity (Wildman–Crippen MR) is 73.9 cm³/mol. The number of halogens is 2. The van der Waals surface area contributed by atoms with Crippen molar-refractivity contribution in [1.29, 1.82) is 0 Å². The Hall–Kier alpha value is 0.200. The minimum Gasteiger partial charge on any atom is -0.310 e. The second-order valence-electron chi connectivity index (χ2n) is 4.11. The number of likely N-dealkylation sites (tertiary alicyclic amines) is 1. The van der Waals surface area contributed by atoms with Crippen LogP contribution in [0.2, 0.25) is 4.34 Å². The average molecular weight is 281 g/mol. The third-order valence-electron chi connectivity index (χ3n) is 2.98. The second-order valence-corrected chi connectivity index (χ2v) is 5.91. The molecule has 5 heteroatoms. The maximum atomic E-state index is 5.87. The van der Waals surface area contributed by atoms with Crippen molar-refractivity contribution in [3.63, 3.8) is 0 Å². The lowest BCUT2D eigenvalue weighted by Crippen LogP contribution is -2.34. The van der Waals surface area contributed by atoms with Crippen molar-refractivity contribution >= 4 is 35.3 Å². The molecule has 0 aromatic carbocycles. The fraction of sp³-hybridized carbons (Fsp3) is 0.636. The molecular formula is C11H18Cl2N2S. The molecule has 1 aliphatic heterocycles. The van der Waals surface area contributed by atoms with E-state index in [0.717, 1.165) is 23.5 Å². The van der Waals surface area contributed by atoms with E-state index in [0.29, 0.717) is 0 Å². The van der Waals surface area contributed by atoms with Gasteiger partial charge in [0, 0.05) is 24.0 Å². The smallest absolute Gasteiger partial charge is 0.0931 e.